The van der Waals surface area contributed by atoms with Crippen LogP contribution in [0.1, 0.15) is 24.9 Å². The van der Waals surface area contributed by atoms with Crippen LogP contribution >= 0.6 is 11.8 Å². The molecule has 0 saturated carbocycles. The van der Waals surface area contributed by atoms with Gasteiger partial charge in [-0.25, -0.2) is 0 Å². The normalized spacial score (nSPS) is 14.1. The van der Waals surface area contributed by atoms with Gasteiger partial charge in [-0.05, 0) is 30.7 Å². The molecule has 8 heteroatoms. The first-order valence-corrected chi connectivity index (χ1v) is 10.9. The van der Waals surface area contributed by atoms with Gasteiger partial charge in [0.15, 0.2) is 22.5 Å². The molecule has 156 valence electrons. The lowest BCUT2D eigenvalue weighted by Gasteiger charge is -2.14. The number of hydrogen-bond donors (Lipinski definition) is 1. The Bertz CT molecular complexity index is 1020. The van der Waals surface area contributed by atoms with Crippen LogP contribution in [0.2, 0.25) is 0 Å². The second-order valence-corrected chi connectivity index (χ2v) is 8.01. The zero-order valence-corrected chi connectivity index (χ0v) is 17.8. The summed E-state index contributed by atoms with van der Waals surface area (Å²) in [5.74, 6) is 2.40. The van der Waals surface area contributed by atoms with Crippen LogP contribution in [0, 0.1) is 0 Å². The molecule has 7 nitrogen and oxygen atoms in total. The van der Waals surface area contributed by atoms with Crippen molar-refractivity contribution < 1.29 is 14.3 Å². The van der Waals surface area contributed by atoms with E-state index in [1.807, 2.05) is 67.1 Å². The molecule has 0 saturated heterocycles. The Morgan fingerprint density at radius 2 is 1.90 bits per heavy atom. The Morgan fingerprint density at radius 3 is 2.70 bits per heavy atom. The number of nitrogens with zero attached hydrogens (tertiary/aromatic N) is 3. The number of thioether (sulfide) groups is 1. The molecular formula is C22H24N4O3S. The molecule has 1 amide bonds. The van der Waals surface area contributed by atoms with Crippen molar-refractivity contribution in [1.82, 2.24) is 20.1 Å². The zero-order chi connectivity index (χ0) is 20.9. The summed E-state index contributed by atoms with van der Waals surface area (Å²) in [5, 5.41) is 12.3. The molecule has 1 aromatic heterocycles. The third kappa shape index (κ3) is 4.59. The molecule has 1 atom stereocenters. The highest BCUT2D eigenvalue weighted by molar-refractivity contribution is 7.99. The SMILES string of the molecule is C[C@H](NC(=O)CSc1nnc(-c2ccc3c(c2)OCCCO3)n1C)c1ccccc1. The first-order valence-electron chi connectivity index (χ1n) is 9.88. The van der Waals surface area contributed by atoms with Crippen LogP contribution in [0.3, 0.4) is 0 Å². The number of fused-ring (bicyclic) bond motifs is 1. The number of rotatable bonds is 6. The van der Waals surface area contributed by atoms with Crippen molar-refractivity contribution in [3.05, 3.63) is 54.1 Å². The standard InChI is InChI=1S/C22H24N4O3S/c1-15(16-7-4-3-5-8-16)23-20(27)14-30-22-25-24-21(26(22)2)17-9-10-18-19(13-17)29-12-6-11-28-18/h3-5,7-10,13,15H,6,11-12,14H2,1-2H3,(H,23,27)/t15-/m0/s1. The number of carbonyl (C=O) groups is 1. The van der Waals surface area contributed by atoms with E-state index in [-0.39, 0.29) is 17.7 Å². The summed E-state index contributed by atoms with van der Waals surface area (Å²) in [6, 6.07) is 15.6. The Hall–Kier alpha value is -3.00. The average molecular weight is 425 g/mol. The maximum Gasteiger partial charge on any atom is 0.230 e. The molecule has 1 aliphatic heterocycles. The van der Waals surface area contributed by atoms with Crippen LogP contribution in [0.5, 0.6) is 11.5 Å². The number of nitrogens with one attached hydrogen (secondary N) is 1. The van der Waals surface area contributed by atoms with Crippen molar-refractivity contribution in [2.75, 3.05) is 19.0 Å². The minimum Gasteiger partial charge on any atom is -0.490 e. The van der Waals surface area contributed by atoms with Gasteiger partial charge in [-0.2, -0.15) is 0 Å². The van der Waals surface area contributed by atoms with Crippen LogP contribution in [0.4, 0.5) is 0 Å². The van der Waals surface area contributed by atoms with E-state index in [2.05, 4.69) is 15.5 Å². The fraction of sp³-hybridized carbons (Fsp3) is 0.318. The van der Waals surface area contributed by atoms with E-state index in [1.165, 1.54) is 11.8 Å². The highest BCUT2D eigenvalue weighted by Crippen LogP contribution is 2.34. The monoisotopic (exact) mass is 424 g/mol. The predicted molar refractivity (Wildman–Crippen MR) is 116 cm³/mol. The summed E-state index contributed by atoms with van der Waals surface area (Å²) in [5.41, 5.74) is 1.97. The van der Waals surface area contributed by atoms with Gasteiger partial charge in [0.25, 0.3) is 0 Å². The Labute approximate surface area is 179 Å². The molecule has 3 aromatic rings. The lowest BCUT2D eigenvalue weighted by atomic mass is 10.1. The number of aromatic nitrogens is 3. The summed E-state index contributed by atoms with van der Waals surface area (Å²) >= 11 is 1.36. The summed E-state index contributed by atoms with van der Waals surface area (Å²) in [4.78, 5) is 12.4. The number of amides is 1. The van der Waals surface area contributed by atoms with Crippen molar-refractivity contribution in [1.29, 1.82) is 0 Å². The first-order chi connectivity index (χ1) is 14.6. The van der Waals surface area contributed by atoms with Crippen LogP contribution in [0.15, 0.2) is 53.7 Å². The molecule has 0 spiro atoms. The van der Waals surface area contributed by atoms with Crippen molar-refractivity contribution in [3.8, 4) is 22.9 Å². The Balaban J connectivity index is 1.40. The summed E-state index contributed by atoms with van der Waals surface area (Å²) in [6.07, 6.45) is 0.861. The van der Waals surface area contributed by atoms with Crippen molar-refractivity contribution in [2.24, 2.45) is 7.05 Å². The zero-order valence-electron chi connectivity index (χ0n) is 17.0. The van der Waals surface area contributed by atoms with E-state index >= 15 is 0 Å². The fourth-order valence-corrected chi connectivity index (χ4v) is 3.95. The van der Waals surface area contributed by atoms with E-state index in [4.69, 9.17) is 9.47 Å². The minimum atomic E-state index is -0.0452. The third-order valence-corrected chi connectivity index (χ3v) is 5.87. The molecule has 0 radical (unpaired) electrons. The van der Waals surface area contributed by atoms with Gasteiger partial charge in [-0.1, -0.05) is 42.1 Å². The smallest absolute Gasteiger partial charge is 0.230 e. The topological polar surface area (TPSA) is 78.3 Å². The van der Waals surface area contributed by atoms with E-state index < -0.39 is 0 Å². The van der Waals surface area contributed by atoms with Gasteiger partial charge in [-0.3, -0.25) is 4.79 Å². The van der Waals surface area contributed by atoms with Crippen molar-refractivity contribution in [2.45, 2.75) is 24.5 Å². The minimum absolute atomic E-state index is 0.0449. The molecule has 4 rings (SSSR count). The molecule has 30 heavy (non-hydrogen) atoms. The van der Waals surface area contributed by atoms with Gasteiger partial charge >= 0.3 is 0 Å². The quantitative estimate of drug-likeness (QED) is 0.609. The highest BCUT2D eigenvalue weighted by atomic mass is 32.2. The van der Waals surface area contributed by atoms with Gasteiger partial charge in [0.05, 0.1) is 25.0 Å². The first kappa shape index (κ1) is 20.3. The third-order valence-electron chi connectivity index (χ3n) is 4.85. The van der Waals surface area contributed by atoms with Gasteiger partial charge < -0.3 is 19.4 Å². The maximum absolute atomic E-state index is 12.4. The highest BCUT2D eigenvalue weighted by Gasteiger charge is 2.17. The number of ether oxygens (including phenoxy) is 2. The summed E-state index contributed by atoms with van der Waals surface area (Å²) in [6.45, 7) is 3.26. The van der Waals surface area contributed by atoms with Crippen LogP contribution in [-0.2, 0) is 11.8 Å². The average Bonchev–Trinajstić information content (AvgIpc) is 2.97. The number of hydrogen-bond acceptors (Lipinski definition) is 6. The number of benzene rings is 2. The van der Waals surface area contributed by atoms with Gasteiger partial charge in [-0.15, -0.1) is 10.2 Å². The lowest BCUT2D eigenvalue weighted by molar-refractivity contribution is -0.119. The molecular weight excluding hydrogens is 400 g/mol. The fourth-order valence-electron chi connectivity index (χ4n) is 3.23. The number of carbonyl (C=O) groups excluding carboxylic acids is 1. The van der Waals surface area contributed by atoms with Gasteiger partial charge in [0.2, 0.25) is 5.91 Å². The van der Waals surface area contributed by atoms with E-state index in [0.29, 0.717) is 24.2 Å². The second-order valence-electron chi connectivity index (χ2n) is 7.07. The Morgan fingerprint density at radius 1 is 1.13 bits per heavy atom. The van der Waals surface area contributed by atoms with Gasteiger partial charge in [0.1, 0.15) is 0 Å². The molecule has 2 heterocycles. The molecule has 1 N–H and O–H groups in total. The molecule has 0 aliphatic carbocycles. The Kier molecular flexibility index (Phi) is 6.23. The summed E-state index contributed by atoms with van der Waals surface area (Å²) < 4.78 is 13.3. The molecule has 0 bridgehead atoms. The van der Waals surface area contributed by atoms with E-state index in [9.17, 15) is 4.79 Å². The van der Waals surface area contributed by atoms with Gasteiger partial charge in [0, 0.05) is 19.0 Å². The van der Waals surface area contributed by atoms with E-state index in [0.717, 1.165) is 29.0 Å². The van der Waals surface area contributed by atoms with E-state index in [1.54, 1.807) is 0 Å². The van der Waals surface area contributed by atoms with Crippen LogP contribution < -0.4 is 14.8 Å². The van der Waals surface area contributed by atoms with Crippen molar-refractivity contribution in [3.63, 3.8) is 0 Å². The maximum atomic E-state index is 12.4. The second kappa shape index (κ2) is 9.21. The molecule has 0 unspecified atom stereocenters. The van der Waals surface area contributed by atoms with Crippen LogP contribution in [-0.4, -0.2) is 39.6 Å². The van der Waals surface area contributed by atoms with Crippen molar-refractivity contribution >= 4 is 17.7 Å². The summed E-state index contributed by atoms with van der Waals surface area (Å²) in [7, 11) is 1.89. The molecule has 0 fully saturated rings. The molecule has 1 aliphatic rings. The van der Waals surface area contributed by atoms with Crippen LogP contribution in [0.25, 0.3) is 11.4 Å². The lowest BCUT2D eigenvalue weighted by Crippen LogP contribution is -2.28. The molecule has 2 aromatic carbocycles. The predicted octanol–water partition coefficient (Wildman–Crippen LogP) is 3.61. The largest absolute Gasteiger partial charge is 0.490 e.